The predicted octanol–water partition coefficient (Wildman–Crippen LogP) is 3.43. The number of carbonyl (C=O) groups is 2. The van der Waals surface area contributed by atoms with Gasteiger partial charge in [-0.3, -0.25) is 9.59 Å². The first-order chi connectivity index (χ1) is 13.5. The van der Waals surface area contributed by atoms with E-state index in [4.69, 9.17) is 4.74 Å². The lowest BCUT2D eigenvalue weighted by Gasteiger charge is -2.05. The molecule has 5 nitrogen and oxygen atoms in total. The summed E-state index contributed by atoms with van der Waals surface area (Å²) in [6.45, 7) is 4.25. The minimum Gasteiger partial charge on any atom is -0.455 e. The van der Waals surface area contributed by atoms with Gasteiger partial charge in [0.25, 0.3) is 5.91 Å². The Hall–Kier alpha value is -2.99. The SMILES string of the molecule is Cc1ccc(Cn2ccsc2=NC(=O)COC(=O)Cc2ccccc2C)cc1. The fourth-order valence-electron chi connectivity index (χ4n) is 2.69. The van der Waals surface area contributed by atoms with Gasteiger partial charge in [-0.15, -0.1) is 11.3 Å². The van der Waals surface area contributed by atoms with Crippen LogP contribution in [0.25, 0.3) is 0 Å². The number of aromatic nitrogens is 1. The number of hydrogen-bond donors (Lipinski definition) is 0. The zero-order chi connectivity index (χ0) is 19.9. The summed E-state index contributed by atoms with van der Waals surface area (Å²) in [5.41, 5.74) is 4.24. The lowest BCUT2D eigenvalue weighted by atomic mass is 10.1. The fraction of sp³-hybridized carbons (Fsp3) is 0.227. The number of nitrogens with zero attached hydrogens (tertiary/aromatic N) is 2. The first-order valence-corrected chi connectivity index (χ1v) is 9.86. The van der Waals surface area contributed by atoms with Crippen LogP contribution in [0.5, 0.6) is 0 Å². The molecule has 144 valence electrons. The van der Waals surface area contributed by atoms with Crippen LogP contribution in [-0.2, 0) is 27.3 Å². The van der Waals surface area contributed by atoms with Crippen molar-refractivity contribution in [1.82, 2.24) is 4.57 Å². The van der Waals surface area contributed by atoms with Crippen molar-refractivity contribution in [1.29, 1.82) is 0 Å². The lowest BCUT2D eigenvalue weighted by Crippen LogP contribution is -2.20. The first kappa shape index (κ1) is 19.8. The first-order valence-electron chi connectivity index (χ1n) is 8.98. The maximum absolute atomic E-state index is 12.1. The molecule has 6 heteroatoms. The van der Waals surface area contributed by atoms with Crippen LogP contribution < -0.4 is 4.80 Å². The van der Waals surface area contributed by atoms with Crippen molar-refractivity contribution in [3.63, 3.8) is 0 Å². The maximum atomic E-state index is 12.1. The molecule has 0 spiro atoms. The maximum Gasteiger partial charge on any atom is 0.310 e. The van der Waals surface area contributed by atoms with Gasteiger partial charge in [0.15, 0.2) is 11.4 Å². The van der Waals surface area contributed by atoms with Gasteiger partial charge >= 0.3 is 5.97 Å². The Labute approximate surface area is 168 Å². The Morgan fingerprint density at radius 3 is 2.57 bits per heavy atom. The van der Waals surface area contributed by atoms with E-state index in [1.165, 1.54) is 16.9 Å². The quantitative estimate of drug-likeness (QED) is 0.602. The van der Waals surface area contributed by atoms with Crippen LogP contribution in [0.4, 0.5) is 0 Å². The van der Waals surface area contributed by atoms with Gasteiger partial charge in [0.05, 0.1) is 6.42 Å². The molecule has 3 rings (SSSR count). The Morgan fingerprint density at radius 1 is 1.07 bits per heavy atom. The van der Waals surface area contributed by atoms with Gasteiger partial charge in [-0.1, -0.05) is 54.1 Å². The molecule has 1 heterocycles. The molecular formula is C22H22N2O3S. The van der Waals surface area contributed by atoms with E-state index >= 15 is 0 Å². The highest BCUT2D eigenvalue weighted by Crippen LogP contribution is 2.08. The predicted molar refractivity (Wildman–Crippen MR) is 109 cm³/mol. The highest BCUT2D eigenvalue weighted by atomic mass is 32.1. The molecule has 0 aliphatic rings. The van der Waals surface area contributed by atoms with Crippen molar-refractivity contribution in [3.8, 4) is 0 Å². The van der Waals surface area contributed by atoms with E-state index in [1.54, 1.807) is 0 Å². The number of hydrogen-bond acceptors (Lipinski definition) is 4. The molecular weight excluding hydrogens is 372 g/mol. The van der Waals surface area contributed by atoms with Crippen molar-refractivity contribution in [2.75, 3.05) is 6.61 Å². The molecule has 0 atom stereocenters. The van der Waals surface area contributed by atoms with Gasteiger partial charge in [-0.05, 0) is 30.5 Å². The molecule has 1 aromatic heterocycles. The van der Waals surface area contributed by atoms with E-state index in [9.17, 15) is 9.59 Å². The summed E-state index contributed by atoms with van der Waals surface area (Å²) >= 11 is 1.37. The molecule has 2 aromatic carbocycles. The number of aryl methyl sites for hydroxylation is 2. The zero-order valence-corrected chi connectivity index (χ0v) is 16.7. The van der Waals surface area contributed by atoms with Gasteiger partial charge in [-0.25, -0.2) is 0 Å². The summed E-state index contributed by atoms with van der Waals surface area (Å²) in [5.74, 6) is -0.908. The number of esters is 1. The largest absolute Gasteiger partial charge is 0.455 e. The molecule has 3 aromatic rings. The van der Waals surface area contributed by atoms with Gasteiger partial charge in [0.2, 0.25) is 0 Å². The van der Waals surface area contributed by atoms with Gasteiger partial charge < -0.3 is 9.30 Å². The summed E-state index contributed by atoms with van der Waals surface area (Å²) in [7, 11) is 0. The molecule has 0 aliphatic heterocycles. The van der Waals surface area contributed by atoms with Crippen LogP contribution in [0.15, 0.2) is 65.1 Å². The molecule has 0 saturated carbocycles. The summed E-state index contributed by atoms with van der Waals surface area (Å²) in [6, 6.07) is 15.8. The molecule has 0 aliphatic carbocycles. The Bertz CT molecular complexity index is 1030. The van der Waals surface area contributed by atoms with Crippen molar-refractivity contribution >= 4 is 23.2 Å². The molecule has 28 heavy (non-hydrogen) atoms. The lowest BCUT2D eigenvalue weighted by molar-refractivity contribution is -0.147. The van der Waals surface area contributed by atoms with Gasteiger partial charge in [0, 0.05) is 18.1 Å². The van der Waals surface area contributed by atoms with E-state index in [0.717, 1.165) is 16.7 Å². The summed E-state index contributed by atoms with van der Waals surface area (Å²) in [6.07, 6.45) is 2.03. The van der Waals surface area contributed by atoms with E-state index < -0.39 is 11.9 Å². The molecule has 1 amide bonds. The second-order valence-electron chi connectivity index (χ2n) is 6.57. The van der Waals surface area contributed by atoms with Crippen LogP contribution in [0.2, 0.25) is 0 Å². The normalized spacial score (nSPS) is 11.4. The van der Waals surface area contributed by atoms with Crippen molar-refractivity contribution in [2.45, 2.75) is 26.8 Å². The number of benzene rings is 2. The summed E-state index contributed by atoms with van der Waals surface area (Å²) < 4.78 is 7.00. The smallest absolute Gasteiger partial charge is 0.310 e. The van der Waals surface area contributed by atoms with Crippen LogP contribution in [0.3, 0.4) is 0 Å². The van der Waals surface area contributed by atoms with Crippen LogP contribution in [0.1, 0.15) is 22.3 Å². The van der Waals surface area contributed by atoms with E-state index in [1.807, 2.05) is 54.3 Å². The van der Waals surface area contributed by atoms with E-state index in [-0.39, 0.29) is 13.0 Å². The standard InChI is InChI=1S/C22H22N2O3S/c1-16-7-9-18(10-8-16)14-24-11-12-28-22(24)23-20(25)15-27-21(26)13-19-6-4-3-5-17(19)2/h3-12H,13-15H2,1-2H3. The topological polar surface area (TPSA) is 60.7 Å². The Kier molecular flexibility index (Phi) is 6.55. The third-order valence-corrected chi connectivity index (χ3v) is 5.10. The fourth-order valence-corrected chi connectivity index (χ4v) is 3.44. The number of amides is 1. The summed E-state index contributed by atoms with van der Waals surface area (Å²) in [4.78, 5) is 28.8. The van der Waals surface area contributed by atoms with Crippen LogP contribution >= 0.6 is 11.3 Å². The highest BCUT2D eigenvalue weighted by Gasteiger charge is 2.10. The number of ether oxygens (including phenoxy) is 1. The molecule has 0 N–H and O–H groups in total. The Balaban J connectivity index is 1.59. The minimum absolute atomic E-state index is 0.145. The van der Waals surface area contributed by atoms with Gasteiger partial charge in [0.1, 0.15) is 0 Å². The third kappa shape index (κ3) is 5.50. The molecule has 0 unspecified atom stereocenters. The van der Waals surface area contributed by atoms with Crippen LogP contribution in [0, 0.1) is 13.8 Å². The van der Waals surface area contributed by atoms with Crippen molar-refractivity contribution in [3.05, 3.63) is 87.2 Å². The van der Waals surface area contributed by atoms with Crippen LogP contribution in [-0.4, -0.2) is 23.1 Å². The molecule has 0 saturated heterocycles. The highest BCUT2D eigenvalue weighted by molar-refractivity contribution is 7.07. The van der Waals surface area contributed by atoms with Crippen molar-refractivity contribution in [2.24, 2.45) is 4.99 Å². The second kappa shape index (κ2) is 9.28. The molecule has 0 radical (unpaired) electrons. The Morgan fingerprint density at radius 2 is 1.82 bits per heavy atom. The molecule has 0 bridgehead atoms. The zero-order valence-electron chi connectivity index (χ0n) is 15.9. The average Bonchev–Trinajstić information content (AvgIpc) is 3.10. The summed E-state index contributed by atoms with van der Waals surface area (Å²) in [5, 5.41) is 1.88. The minimum atomic E-state index is -0.474. The van der Waals surface area contributed by atoms with E-state index in [2.05, 4.69) is 29.3 Å². The monoisotopic (exact) mass is 394 g/mol. The third-order valence-electron chi connectivity index (χ3n) is 4.31. The van der Waals surface area contributed by atoms with Gasteiger partial charge in [-0.2, -0.15) is 4.99 Å². The second-order valence-corrected chi connectivity index (χ2v) is 7.44. The van der Waals surface area contributed by atoms with Crippen molar-refractivity contribution < 1.29 is 14.3 Å². The average molecular weight is 394 g/mol. The van der Waals surface area contributed by atoms with E-state index in [0.29, 0.717) is 11.3 Å². The number of rotatable bonds is 6. The number of carbonyl (C=O) groups excluding carboxylic acids is 2. The molecule has 0 fully saturated rings. The number of thiazole rings is 1.